The fraction of sp³-hybridized carbons (Fsp3) is 0.632. The first-order valence-electron chi connectivity index (χ1n) is 9.20. The van der Waals surface area contributed by atoms with Gasteiger partial charge in [-0.05, 0) is 38.9 Å². The van der Waals surface area contributed by atoms with Crippen molar-refractivity contribution < 1.29 is 4.74 Å². The van der Waals surface area contributed by atoms with Gasteiger partial charge in [-0.3, -0.25) is 0 Å². The summed E-state index contributed by atoms with van der Waals surface area (Å²) in [4.78, 5) is 7.25. The first kappa shape index (κ1) is 22.0. The number of likely N-dealkylation sites (tertiary alicyclic amines) is 1. The third-order valence-electron chi connectivity index (χ3n) is 4.36. The summed E-state index contributed by atoms with van der Waals surface area (Å²) in [6.45, 7) is 8.05. The maximum absolute atomic E-state index is 5.39. The Kier molecular flexibility index (Phi) is 11.6. The van der Waals surface area contributed by atoms with E-state index >= 15 is 0 Å². The first-order chi connectivity index (χ1) is 11.8. The van der Waals surface area contributed by atoms with E-state index in [9.17, 15) is 0 Å². The fourth-order valence-corrected chi connectivity index (χ4v) is 3.03. The van der Waals surface area contributed by atoms with Crippen LogP contribution in [-0.4, -0.2) is 50.7 Å². The Balaban J connectivity index is 0.00000312. The minimum absolute atomic E-state index is 0. The Morgan fingerprint density at radius 3 is 2.52 bits per heavy atom. The molecule has 0 aromatic heterocycles. The average molecular weight is 460 g/mol. The number of hydrogen-bond donors (Lipinski definition) is 2. The normalized spacial score (nSPS) is 15.8. The highest BCUT2D eigenvalue weighted by Crippen LogP contribution is 2.17. The third kappa shape index (κ3) is 8.27. The van der Waals surface area contributed by atoms with Gasteiger partial charge >= 0.3 is 0 Å². The lowest BCUT2D eigenvalue weighted by Gasteiger charge is -2.20. The van der Waals surface area contributed by atoms with Gasteiger partial charge in [0, 0.05) is 25.2 Å². The highest BCUT2D eigenvalue weighted by atomic mass is 127. The van der Waals surface area contributed by atoms with Crippen LogP contribution in [0.25, 0.3) is 0 Å². The number of benzene rings is 1. The van der Waals surface area contributed by atoms with E-state index in [0.717, 1.165) is 36.9 Å². The second-order valence-corrected chi connectivity index (χ2v) is 6.19. The zero-order chi connectivity index (χ0) is 17.0. The summed E-state index contributed by atoms with van der Waals surface area (Å²) < 4.78 is 5.39. The van der Waals surface area contributed by atoms with Crippen molar-refractivity contribution in [2.75, 3.05) is 39.8 Å². The SMILES string of the molecule is CCNC(=NCc1ccccc1OC)NCCN1CCCCCC1.I. The molecule has 1 aliphatic heterocycles. The lowest BCUT2D eigenvalue weighted by atomic mass is 10.2. The minimum Gasteiger partial charge on any atom is -0.496 e. The van der Waals surface area contributed by atoms with Crippen molar-refractivity contribution in [3.05, 3.63) is 29.8 Å². The molecule has 6 heteroatoms. The molecule has 5 nitrogen and oxygen atoms in total. The largest absolute Gasteiger partial charge is 0.496 e. The molecule has 1 aromatic rings. The number of nitrogens with zero attached hydrogens (tertiary/aromatic N) is 2. The molecule has 0 bridgehead atoms. The van der Waals surface area contributed by atoms with Crippen LogP contribution in [0.4, 0.5) is 0 Å². The van der Waals surface area contributed by atoms with E-state index in [1.54, 1.807) is 7.11 Å². The summed E-state index contributed by atoms with van der Waals surface area (Å²) in [5.74, 6) is 1.76. The van der Waals surface area contributed by atoms with Crippen molar-refractivity contribution in [1.29, 1.82) is 0 Å². The smallest absolute Gasteiger partial charge is 0.191 e. The maximum atomic E-state index is 5.39. The van der Waals surface area contributed by atoms with Crippen LogP contribution in [0.3, 0.4) is 0 Å². The van der Waals surface area contributed by atoms with Gasteiger partial charge in [0.15, 0.2) is 5.96 Å². The molecule has 2 rings (SSSR count). The summed E-state index contributed by atoms with van der Waals surface area (Å²) in [7, 11) is 1.70. The zero-order valence-corrected chi connectivity index (χ0v) is 17.9. The topological polar surface area (TPSA) is 48.9 Å². The summed E-state index contributed by atoms with van der Waals surface area (Å²) in [6.07, 6.45) is 5.43. The molecule has 0 radical (unpaired) electrons. The van der Waals surface area contributed by atoms with E-state index in [0.29, 0.717) is 6.54 Å². The molecule has 0 aliphatic carbocycles. The van der Waals surface area contributed by atoms with Gasteiger partial charge in [-0.15, -0.1) is 24.0 Å². The standard InChI is InChI=1S/C19H32N4O.HI/c1-3-20-19(21-12-15-23-13-8-4-5-9-14-23)22-16-17-10-6-7-11-18(17)24-2;/h6-7,10-11H,3-5,8-9,12-16H2,1-2H3,(H2,20,21,22);1H. The predicted octanol–water partition coefficient (Wildman–Crippen LogP) is 3.24. The van der Waals surface area contributed by atoms with E-state index in [4.69, 9.17) is 4.74 Å². The number of methoxy groups -OCH3 is 1. The lowest BCUT2D eigenvalue weighted by molar-refractivity contribution is 0.289. The highest BCUT2D eigenvalue weighted by molar-refractivity contribution is 14.0. The van der Waals surface area contributed by atoms with Crippen LogP contribution >= 0.6 is 24.0 Å². The van der Waals surface area contributed by atoms with Gasteiger partial charge in [0.2, 0.25) is 0 Å². The molecule has 0 atom stereocenters. The number of halogens is 1. The molecule has 1 fully saturated rings. The number of nitrogens with one attached hydrogen (secondary N) is 2. The number of ether oxygens (including phenoxy) is 1. The molecule has 1 saturated heterocycles. The molecular formula is C19H33IN4O. The highest BCUT2D eigenvalue weighted by Gasteiger charge is 2.08. The Bertz CT molecular complexity index is 502. The average Bonchev–Trinajstić information content (AvgIpc) is 2.88. The van der Waals surface area contributed by atoms with Crippen molar-refractivity contribution in [2.24, 2.45) is 4.99 Å². The third-order valence-corrected chi connectivity index (χ3v) is 4.36. The fourth-order valence-electron chi connectivity index (χ4n) is 3.03. The second kappa shape index (κ2) is 13.2. The van der Waals surface area contributed by atoms with E-state index in [1.807, 2.05) is 18.2 Å². The van der Waals surface area contributed by atoms with E-state index in [1.165, 1.54) is 38.8 Å². The van der Waals surface area contributed by atoms with E-state index < -0.39 is 0 Å². The Morgan fingerprint density at radius 2 is 1.84 bits per heavy atom. The van der Waals surface area contributed by atoms with Gasteiger partial charge in [-0.1, -0.05) is 31.0 Å². The molecule has 1 aliphatic rings. The number of para-hydroxylation sites is 1. The number of guanidine groups is 1. The molecule has 0 unspecified atom stereocenters. The van der Waals surface area contributed by atoms with E-state index in [-0.39, 0.29) is 24.0 Å². The maximum Gasteiger partial charge on any atom is 0.191 e. The second-order valence-electron chi connectivity index (χ2n) is 6.19. The van der Waals surface area contributed by atoms with Crippen LogP contribution in [0.15, 0.2) is 29.3 Å². The number of hydrogen-bond acceptors (Lipinski definition) is 3. The predicted molar refractivity (Wildman–Crippen MR) is 116 cm³/mol. The zero-order valence-electron chi connectivity index (χ0n) is 15.6. The van der Waals surface area contributed by atoms with Gasteiger partial charge in [-0.2, -0.15) is 0 Å². The van der Waals surface area contributed by atoms with Crippen molar-refractivity contribution in [3.63, 3.8) is 0 Å². The molecule has 1 heterocycles. The van der Waals surface area contributed by atoms with E-state index in [2.05, 4.69) is 33.5 Å². The van der Waals surface area contributed by atoms with Gasteiger partial charge in [-0.25, -0.2) is 4.99 Å². The summed E-state index contributed by atoms with van der Waals surface area (Å²) in [5.41, 5.74) is 1.10. The Morgan fingerprint density at radius 1 is 1.12 bits per heavy atom. The summed E-state index contributed by atoms with van der Waals surface area (Å²) >= 11 is 0. The summed E-state index contributed by atoms with van der Waals surface area (Å²) in [5, 5.41) is 6.77. The van der Waals surface area contributed by atoms with Crippen LogP contribution in [0, 0.1) is 0 Å². The molecule has 2 N–H and O–H groups in total. The van der Waals surface area contributed by atoms with Crippen molar-refractivity contribution in [2.45, 2.75) is 39.2 Å². The summed E-state index contributed by atoms with van der Waals surface area (Å²) in [6, 6.07) is 8.04. The van der Waals surface area contributed by atoms with Crippen molar-refractivity contribution in [1.82, 2.24) is 15.5 Å². The minimum atomic E-state index is 0. The van der Waals surface area contributed by atoms with Gasteiger partial charge in [0.05, 0.1) is 13.7 Å². The number of rotatable bonds is 7. The van der Waals surface area contributed by atoms with Crippen LogP contribution in [0.1, 0.15) is 38.2 Å². The molecule has 1 aromatic carbocycles. The van der Waals surface area contributed by atoms with Crippen LogP contribution < -0.4 is 15.4 Å². The van der Waals surface area contributed by atoms with Crippen molar-refractivity contribution >= 4 is 29.9 Å². The van der Waals surface area contributed by atoms with Gasteiger partial charge in [0.1, 0.15) is 5.75 Å². The first-order valence-corrected chi connectivity index (χ1v) is 9.20. The Hall–Kier alpha value is -1.02. The molecular weight excluding hydrogens is 427 g/mol. The Labute approximate surface area is 169 Å². The van der Waals surface area contributed by atoms with Crippen LogP contribution in [-0.2, 0) is 6.54 Å². The molecule has 142 valence electrons. The molecule has 0 spiro atoms. The monoisotopic (exact) mass is 460 g/mol. The van der Waals surface area contributed by atoms with Gasteiger partial charge < -0.3 is 20.3 Å². The quantitative estimate of drug-likeness (QED) is 0.373. The van der Waals surface area contributed by atoms with Crippen LogP contribution in [0.2, 0.25) is 0 Å². The van der Waals surface area contributed by atoms with Gasteiger partial charge in [0.25, 0.3) is 0 Å². The number of aliphatic imine (C=N–C) groups is 1. The van der Waals surface area contributed by atoms with Crippen LogP contribution in [0.5, 0.6) is 5.75 Å². The molecule has 25 heavy (non-hydrogen) atoms. The molecule has 0 saturated carbocycles. The molecule has 0 amide bonds. The lowest BCUT2D eigenvalue weighted by Crippen LogP contribution is -2.41. The van der Waals surface area contributed by atoms with Crippen molar-refractivity contribution in [3.8, 4) is 5.75 Å².